The van der Waals surface area contributed by atoms with Gasteiger partial charge in [-0.1, -0.05) is 12.1 Å². The van der Waals surface area contributed by atoms with E-state index in [0.717, 1.165) is 18.9 Å². The second kappa shape index (κ2) is 4.70. The van der Waals surface area contributed by atoms with Crippen LogP contribution in [0.25, 0.3) is 0 Å². The van der Waals surface area contributed by atoms with Crippen LogP contribution in [0, 0.1) is 11.6 Å². The Labute approximate surface area is 92.7 Å². The predicted octanol–water partition coefficient (Wildman–Crippen LogP) is 1.83. The molecule has 1 aliphatic rings. The van der Waals surface area contributed by atoms with Gasteiger partial charge in [-0.3, -0.25) is 4.79 Å². The highest BCUT2D eigenvalue weighted by molar-refractivity contribution is 5.82. The van der Waals surface area contributed by atoms with Gasteiger partial charge in [0.2, 0.25) is 0 Å². The molecular formula is C12H13F2NO. The van der Waals surface area contributed by atoms with E-state index in [4.69, 9.17) is 0 Å². The summed E-state index contributed by atoms with van der Waals surface area (Å²) in [6, 6.07) is 4.34. The Morgan fingerprint density at radius 2 is 2.12 bits per heavy atom. The summed E-state index contributed by atoms with van der Waals surface area (Å²) < 4.78 is 26.1. The smallest absolute Gasteiger partial charge is 0.162 e. The molecule has 1 fully saturated rings. The van der Waals surface area contributed by atoms with E-state index < -0.39 is 11.6 Å². The van der Waals surface area contributed by atoms with Gasteiger partial charge in [-0.05, 0) is 24.5 Å². The summed E-state index contributed by atoms with van der Waals surface area (Å²) in [7, 11) is 0. The molecule has 0 saturated heterocycles. The molecule has 2 rings (SSSR count). The minimum Gasteiger partial charge on any atom is -0.307 e. The van der Waals surface area contributed by atoms with Crippen LogP contribution < -0.4 is 5.32 Å². The molecule has 0 aromatic heterocycles. The average Bonchev–Trinajstić information content (AvgIpc) is 3.06. The zero-order valence-electron chi connectivity index (χ0n) is 8.80. The Bertz CT molecular complexity index is 402. The van der Waals surface area contributed by atoms with Crippen LogP contribution >= 0.6 is 0 Å². The van der Waals surface area contributed by atoms with Crippen molar-refractivity contribution in [1.82, 2.24) is 5.32 Å². The van der Waals surface area contributed by atoms with Crippen LogP contribution in [-0.4, -0.2) is 18.4 Å². The molecular weight excluding hydrogens is 212 g/mol. The Hall–Kier alpha value is -1.29. The molecule has 0 aliphatic heterocycles. The van der Waals surface area contributed by atoms with Gasteiger partial charge in [0, 0.05) is 12.5 Å². The number of Topliss-reactive ketones (excluding diaryl/α,β-unsaturated/α-hetero) is 1. The fourth-order valence-electron chi connectivity index (χ4n) is 1.51. The molecule has 1 aliphatic carbocycles. The van der Waals surface area contributed by atoms with Gasteiger partial charge < -0.3 is 5.32 Å². The van der Waals surface area contributed by atoms with Crippen molar-refractivity contribution in [3.63, 3.8) is 0 Å². The lowest BCUT2D eigenvalue weighted by Gasteiger charge is -2.04. The number of hydrogen-bond acceptors (Lipinski definition) is 2. The zero-order chi connectivity index (χ0) is 11.5. The minimum absolute atomic E-state index is 0.0523. The third kappa shape index (κ3) is 2.85. The fourth-order valence-corrected chi connectivity index (χ4v) is 1.51. The van der Waals surface area contributed by atoms with Crippen LogP contribution in [-0.2, 0) is 11.2 Å². The van der Waals surface area contributed by atoms with Crippen molar-refractivity contribution in [2.45, 2.75) is 25.3 Å². The maximum atomic E-state index is 13.2. The van der Waals surface area contributed by atoms with Gasteiger partial charge in [-0.2, -0.15) is 0 Å². The zero-order valence-corrected chi connectivity index (χ0v) is 8.80. The second-order valence-corrected chi connectivity index (χ2v) is 4.08. The Morgan fingerprint density at radius 1 is 1.38 bits per heavy atom. The summed E-state index contributed by atoms with van der Waals surface area (Å²) >= 11 is 0. The third-order valence-corrected chi connectivity index (χ3v) is 2.58. The first-order valence-electron chi connectivity index (χ1n) is 5.35. The Morgan fingerprint density at radius 3 is 2.81 bits per heavy atom. The lowest BCUT2D eigenvalue weighted by atomic mass is 10.1. The van der Waals surface area contributed by atoms with E-state index in [1.807, 2.05) is 0 Å². The lowest BCUT2D eigenvalue weighted by Crippen LogP contribution is -2.26. The summed E-state index contributed by atoms with van der Waals surface area (Å²) in [6.07, 6.45) is 2.15. The van der Waals surface area contributed by atoms with E-state index in [1.54, 1.807) is 0 Å². The quantitative estimate of drug-likeness (QED) is 0.828. The van der Waals surface area contributed by atoms with Crippen LogP contribution in [0.3, 0.4) is 0 Å². The second-order valence-electron chi connectivity index (χ2n) is 4.08. The summed E-state index contributed by atoms with van der Waals surface area (Å²) in [5.41, 5.74) is 0.127. The molecule has 1 aromatic rings. The summed E-state index contributed by atoms with van der Waals surface area (Å²) in [6.45, 7) is 0.237. The molecule has 0 heterocycles. The highest BCUT2D eigenvalue weighted by Crippen LogP contribution is 2.18. The molecule has 1 saturated carbocycles. The molecule has 2 nitrogen and oxygen atoms in total. The van der Waals surface area contributed by atoms with Crippen LogP contribution in [0.15, 0.2) is 18.2 Å². The molecule has 0 atom stereocenters. The summed E-state index contributed by atoms with van der Waals surface area (Å²) in [4.78, 5) is 11.5. The van der Waals surface area contributed by atoms with E-state index in [9.17, 15) is 13.6 Å². The number of halogens is 2. The molecule has 0 spiro atoms. The largest absolute Gasteiger partial charge is 0.307 e. The first-order valence-corrected chi connectivity index (χ1v) is 5.35. The molecule has 16 heavy (non-hydrogen) atoms. The maximum Gasteiger partial charge on any atom is 0.162 e. The maximum absolute atomic E-state index is 13.2. The highest BCUT2D eigenvalue weighted by Gasteiger charge is 2.21. The molecule has 0 radical (unpaired) electrons. The number of ketones is 1. The Balaban J connectivity index is 1.91. The first kappa shape index (κ1) is 11.2. The van der Waals surface area contributed by atoms with E-state index in [-0.39, 0.29) is 24.3 Å². The fraction of sp³-hybridized carbons (Fsp3) is 0.417. The first-order chi connectivity index (χ1) is 7.66. The summed E-state index contributed by atoms with van der Waals surface area (Å²) in [5.74, 6) is -1.93. The van der Waals surface area contributed by atoms with Crippen molar-refractivity contribution in [1.29, 1.82) is 0 Å². The molecule has 0 unspecified atom stereocenters. The van der Waals surface area contributed by atoms with Gasteiger partial charge in [0.15, 0.2) is 17.4 Å². The monoisotopic (exact) mass is 225 g/mol. The molecule has 0 bridgehead atoms. The van der Waals surface area contributed by atoms with Gasteiger partial charge in [-0.25, -0.2) is 8.78 Å². The van der Waals surface area contributed by atoms with Gasteiger partial charge in [0.25, 0.3) is 0 Å². The van der Waals surface area contributed by atoms with Crippen molar-refractivity contribution in [2.75, 3.05) is 6.54 Å². The number of nitrogens with one attached hydrogen (secondary N) is 1. The molecule has 86 valence electrons. The number of carbonyl (C=O) groups excluding carboxylic acids is 1. The van der Waals surface area contributed by atoms with E-state index in [1.165, 1.54) is 12.1 Å². The molecule has 1 N–H and O–H groups in total. The van der Waals surface area contributed by atoms with Crippen LogP contribution in [0.4, 0.5) is 8.78 Å². The number of carbonyl (C=O) groups is 1. The standard InChI is InChI=1S/C12H13F2NO/c13-11-3-1-2-8(12(11)14)6-10(16)7-15-9-4-5-9/h1-3,9,15H,4-7H2. The molecule has 4 heteroatoms. The Kier molecular flexibility index (Phi) is 3.29. The highest BCUT2D eigenvalue weighted by atomic mass is 19.2. The van der Waals surface area contributed by atoms with Crippen molar-refractivity contribution in [3.8, 4) is 0 Å². The van der Waals surface area contributed by atoms with Crippen molar-refractivity contribution in [3.05, 3.63) is 35.4 Å². The minimum atomic E-state index is -0.915. The van der Waals surface area contributed by atoms with E-state index in [2.05, 4.69) is 5.32 Å². The van der Waals surface area contributed by atoms with Crippen LogP contribution in [0.1, 0.15) is 18.4 Å². The predicted molar refractivity (Wildman–Crippen MR) is 56.1 cm³/mol. The van der Waals surface area contributed by atoms with Crippen LogP contribution in [0.5, 0.6) is 0 Å². The van der Waals surface area contributed by atoms with Crippen molar-refractivity contribution >= 4 is 5.78 Å². The van der Waals surface area contributed by atoms with Gasteiger partial charge in [0.05, 0.1) is 6.54 Å². The normalized spacial score (nSPS) is 15.1. The van der Waals surface area contributed by atoms with Gasteiger partial charge >= 0.3 is 0 Å². The van der Waals surface area contributed by atoms with Gasteiger partial charge in [0.1, 0.15) is 0 Å². The number of benzene rings is 1. The van der Waals surface area contributed by atoms with Crippen LogP contribution in [0.2, 0.25) is 0 Å². The van der Waals surface area contributed by atoms with E-state index >= 15 is 0 Å². The number of rotatable bonds is 5. The molecule has 0 amide bonds. The average molecular weight is 225 g/mol. The molecule has 1 aromatic carbocycles. The number of hydrogen-bond donors (Lipinski definition) is 1. The summed E-state index contributed by atoms with van der Waals surface area (Å²) in [5, 5.41) is 3.04. The van der Waals surface area contributed by atoms with Crippen molar-refractivity contribution in [2.24, 2.45) is 0 Å². The topological polar surface area (TPSA) is 29.1 Å². The third-order valence-electron chi connectivity index (χ3n) is 2.58. The lowest BCUT2D eigenvalue weighted by molar-refractivity contribution is -0.117. The SMILES string of the molecule is O=C(CNC1CC1)Cc1cccc(F)c1F. The van der Waals surface area contributed by atoms with Gasteiger partial charge in [-0.15, -0.1) is 0 Å². The van der Waals surface area contributed by atoms with E-state index in [0.29, 0.717) is 6.04 Å². The van der Waals surface area contributed by atoms with Crippen molar-refractivity contribution < 1.29 is 13.6 Å².